The van der Waals surface area contributed by atoms with E-state index in [4.69, 9.17) is 4.74 Å². The van der Waals surface area contributed by atoms with Crippen LogP contribution < -0.4 is 15.4 Å². The molecular formula is C21H32ClN3O3. The molecule has 0 bridgehead atoms. The van der Waals surface area contributed by atoms with Gasteiger partial charge in [-0.3, -0.25) is 9.59 Å². The molecule has 0 aromatic heterocycles. The molecule has 6 nitrogen and oxygen atoms in total. The van der Waals surface area contributed by atoms with Crippen molar-refractivity contribution in [2.24, 2.45) is 5.92 Å². The van der Waals surface area contributed by atoms with Crippen molar-refractivity contribution in [1.29, 1.82) is 0 Å². The second-order valence-electron chi connectivity index (χ2n) is 7.51. The third kappa shape index (κ3) is 6.99. The van der Waals surface area contributed by atoms with E-state index in [1.165, 1.54) is 0 Å². The van der Waals surface area contributed by atoms with Crippen LogP contribution in [0.25, 0.3) is 0 Å². The summed E-state index contributed by atoms with van der Waals surface area (Å²) in [5.41, 5.74) is 0. The summed E-state index contributed by atoms with van der Waals surface area (Å²) < 4.78 is 5.65. The largest absolute Gasteiger partial charge is 0.494 e. The molecule has 3 rings (SSSR count). The molecule has 7 heteroatoms. The lowest BCUT2D eigenvalue weighted by molar-refractivity contribution is -0.133. The maximum absolute atomic E-state index is 12.5. The molecule has 2 amide bonds. The SMILES string of the molecule is Cl.O=C(NCC1CCCN(C(=O)CCCOc2ccccc2)C1)C1CCCN1. The molecule has 2 fully saturated rings. The highest BCUT2D eigenvalue weighted by Crippen LogP contribution is 2.17. The molecule has 2 N–H and O–H groups in total. The van der Waals surface area contributed by atoms with Crippen molar-refractivity contribution in [3.63, 3.8) is 0 Å². The van der Waals surface area contributed by atoms with Gasteiger partial charge in [0.15, 0.2) is 0 Å². The molecule has 0 spiro atoms. The molecule has 156 valence electrons. The first-order valence-corrected chi connectivity index (χ1v) is 10.2. The van der Waals surface area contributed by atoms with E-state index in [-0.39, 0.29) is 30.3 Å². The number of para-hydroxylation sites is 1. The first kappa shape index (κ1) is 22.5. The van der Waals surface area contributed by atoms with Gasteiger partial charge in [0.05, 0.1) is 12.6 Å². The average Bonchev–Trinajstić information content (AvgIpc) is 3.25. The highest BCUT2D eigenvalue weighted by Gasteiger charge is 2.26. The van der Waals surface area contributed by atoms with Crippen LogP contribution in [0.4, 0.5) is 0 Å². The van der Waals surface area contributed by atoms with Gasteiger partial charge in [-0.1, -0.05) is 18.2 Å². The van der Waals surface area contributed by atoms with Gasteiger partial charge < -0.3 is 20.3 Å². The van der Waals surface area contributed by atoms with Gasteiger partial charge >= 0.3 is 0 Å². The number of benzene rings is 1. The number of nitrogens with zero attached hydrogens (tertiary/aromatic N) is 1. The molecule has 2 unspecified atom stereocenters. The van der Waals surface area contributed by atoms with Crippen LogP contribution in [0, 0.1) is 5.92 Å². The smallest absolute Gasteiger partial charge is 0.237 e. The first-order valence-electron chi connectivity index (χ1n) is 10.2. The van der Waals surface area contributed by atoms with E-state index < -0.39 is 0 Å². The summed E-state index contributed by atoms with van der Waals surface area (Å²) in [6.07, 6.45) is 5.30. The van der Waals surface area contributed by atoms with Crippen LogP contribution in [0.5, 0.6) is 5.75 Å². The number of rotatable bonds is 8. The van der Waals surface area contributed by atoms with Gasteiger partial charge in [-0.25, -0.2) is 0 Å². The predicted octanol–water partition coefficient (Wildman–Crippen LogP) is 2.37. The van der Waals surface area contributed by atoms with Crippen LogP contribution in [0.1, 0.15) is 38.5 Å². The summed E-state index contributed by atoms with van der Waals surface area (Å²) in [7, 11) is 0. The van der Waals surface area contributed by atoms with Crippen molar-refractivity contribution in [3.8, 4) is 5.75 Å². The Morgan fingerprint density at radius 1 is 1.18 bits per heavy atom. The molecule has 2 heterocycles. The van der Waals surface area contributed by atoms with Crippen LogP contribution in [-0.2, 0) is 9.59 Å². The molecular weight excluding hydrogens is 378 g/mol. The lowest BCUT2D eigenvalue weighted by Gasteiger charge is -2.33. The van der Waals surface area contributed by atoms with Gasteiger partial charge in [-0.2, -0.15) is 0 Å². The Kier molecular flexibility index (Phi) is 9.58. The van der Waals surface area contributed by atoms with Crippen molar-refractivity contribution in [3.05, 3.63) is 30.3 Å². The third-order valence-electron chi connectivity index (χ3n) is 5.36. The van der Waals surface area contributed by atoms with Crippen molar-refractivity contribution < 1.29 is 14.3 Å². The van der Waals surface area contributed by atoms with Gasteiger partial charge in [-0.15, -0.1) is 12.4 Å². The molecule has 1 aromatic carbocycles. The highest BCUT2D eigenvalue weighted by molar-refractivity contribution is 5.85. The zero-order valence-electron chi connectivity index (χ0n) is 16.4. The van der Waals surface area contributed by atoms with E-state index in [1.807, 2.05) is 35.2 Å². The monoisotopic (exact) mass is 409 g/mol. The fourth-order valence-electron chi connectivity index (χ4n) is 3.82. The summed E-state index contributed by atoms with van der Waals surface area (Å²) in [6, 6.07) is 9.65. The Morgan fingerprint density at radius 3 is 2.75 bits per heavy atom. The van der Waals surface area contributed by atoms with Crippen LogP contribution in [0.2, 0.25) is 0 Å². The fraction of sp³-hybridized carbons (Fsp3) is 0.619. The van der Waals surface area contributed by atoms with Crippen LogP contribution >= 0.6 is 12.4 Å². The number of halogens is 1. The summed E-state index contributed by atoms with van der Waals surface area (Å²) >= 11 is 0. The van der Waals surface area contributed by atoms with E-state index in [0.29, 0.717) is 25.5 Å². The van der Waals surface area contributed by atoms with Crippen molar-refractivity contribution in [2.45, 2.75) is 44.6 Å². The van der Waals surface area contributed by atoms with E-state index in [1.54, 1.807) is 0 Å². The summed E-state index contributed by atoms with van der Waals surface area (Å²) in [5.74, 6) is 1.50. The lowest BCUT2D eigenvalue weighted by atomic mass is 9.97. The first-order chi connectivity index (χ1) is 13.2. The van der Waals surface area contributed by atoms with Crippen LogP contribution in [0.15, 0.2) is 30.3 Å². The molecule has 0 saturated carbocycles. The number of nitrogens with one attached hydrogen (secondary N) is 2. The average molecular weight is 410 g/mol. The number of hydrogen-bond donors (Lipinski definition) is 2. The molecule has 2 atom stereocenters. The second kappa shape index (κ2) is 11.9. The summed E-state index contributed by atoms with van der Waals surface area (Å²) in [4.78, 5) is 26.6. The van der Waals surface area contributed by atoms with E-state index in [2.05, 4.69) is 10.6 Å². The molecule has 2 aliphatic rings. The standard InChI is InChI=1S/C21H31N3O3.ClH/c25-20(11-6-14-27-18-8-2-1-3-9-18)24-13-5-7-17(16-24)15-23-21(26)19-10-4-12-22-19;/h1-3,8-9,17,19,22H,4-7,10-16H2,(H,23,26);1H. The van der Waals surface area contributed by atoms with E-state index in [9.17, 15) is 9.59 Å². The van der Waals surface area contributed by atoms with E-state index in [0.717, 1.165) is 57.5 Å². The maximum Gasteiger partial charge on any atom is 0.237 e. The Labute approximate surface area is 173 Å². The number of amides is 2. The molecule has 2 saturated heterocycles. The van der Waals surface area contributed by atoms with Crippen molar-refractivity contribution in [2.75, 3.05) is 32.8 Å². The zero-order chi connectivity index (χ0) is 18.9. The number of carbonyl (C=O) groups excluding carboxylic acids is 2. The summed E-state index contributed by atoms with van der Waals surface area (Å²) in [5, 5.41) is 6.29. The fourth-order valence-corrected chi connectivity index (χ4v) is 3.82. The predicted molar refractivity (Wildman–Crippen MR) is 112 cm³/mol. The number of ether oxygens (including phenoxy) is 1. The van der Waals surface area contributed by atoms with Gasteiger partial charge in [0.2, 0.25) is 11.8 Å². The second-order valence-corrected chi connectivity index (χ2v) is 7.51. The number of carbonyl (C=O) groups is 2. The Hall–Kier alpha value is -1.79. The molecule has 2 aliphatic heterocycles. The van der Waals surface area contributed by atoms with Crippen LogP contribution in [0.3, 0.4) is 0 Å². The van der Waals surface area contributed by atoms with Gasteiger partial charge in [-0.05, 0) is 56.7 Å². The quantitative estimate of drug-likeness (QED) is 0.647. The maximum atomic E-state index is 12.5. The molecule has 28 heavy (non-hydrogen) atoms. The van der Waals surface area contributed by atoms with Gasteiger partial charge in [0.1, 0.15) is 5.75 Å². The Balaban J connectivity index is 0.00000280. The van der Waals surface area contributed by atoms with Gasteiger partial charge in [0.25, 0.3) is 0 Å². The highest BCUT2D eigenvalue weighted by atomic mass is 35.5. The van der Waals surface area contributed by atoms with Crippen LogP contribution in [-0.4, -0.2) is 55.5 Å². The van der Waals surface area contributed by atoms with E-state index >= 15 is 0 Å². The molecule has 1 aromatic rings. The Morgan fingerprint density at radius 2 is 2.00 bits per heavy atom. The lowest BCUT2D eigenvalue weighted by Crippen LogP contribution is -2.46. The topological polar surface area (TPSA) is 70.7 Å². The minimum atomic E-state index is -0.0315. The van der Waals surface area contributed by atoms with Crippen molar-refractivity contribution in [1.82, 2.24) is 15.5 Å². The molecule has 0 radical (unpaired) electrons. The zero-order valence-corrected chi connectivity index (χ0v) is 17.2. The number of likely N-dealkylation sites (tertiary alicyclic amines) is 1. The minimum Gasteiger partial charge on any atom is -0.494 e. The molecule has 0 aliphatic carbocycles. The van der Waals surface area contributed by atoms with Gasteiger partial charge in [0, 0.05) is 26.1 Å². The number of hydrogen-bond acceptors (Lipinski definition) is 4. The Bertz CT molecular complexity index is 608. The normalized spacial score (nSPS) is 21.6. The number of piperidine rings is 1. The van der Waals surface area contributed by atoms with Crippen molar-refractivity contribution >= 4 is 24.2 Å². The minimum absolute atomic E-state index is 0. The summed E-state index contributed by atoms with van der Waals surface area (Å²) in [6.45, 7) is 3.72. The third-order valence-corrected chi connectivity index (χ3v) is 5.36.